The number of nitrogens with two attached hydrogens (primary N) is 1. The van der Waals surface area contributed by atoms with Crippen molar-refractivity contribution in [3.8, 4) is 0 Å². The zero-order valence-corrected chi connectivity index (χ0v) is 12.7. The van der Waals surface area contributed by atoms with Crippen LogP contribution in [0.4, 0.5) is 4.39 Å². The van der Waals surface area contributed by atoms with Gasteiger partial charge in [-0.15, -0.1) is 0 Å². The minimum Gasteiger partial charge on any atom is -0.326 e. The van der Waals surface area contributed by atoms with Crippen LogP contribution in [0, 0.1) is 12.7 Å². The fourth-order valence-electron chi connectivity index (χ4n) is 2.13. The summed E-state index contributed by atoms with van der Waals surface area (Å²) in [4.78, 5) is 0. The zero-order chi connectivity index (χ0) is 15.5. The average molecular weight is 307 g/mol. The van der Waals surface area contributed by atoms with Gasteiger partial charge in [-0.05, 0) is 29.7 Å². The Labute approximate surface area is 124 Å². The van der Waals surface area contributed by atoms with Crippen LogP contribution in [-0.2, 0) is 27.9 Å². The number of benzene rings is 2. The monoisotopic (exact) mass is 307 g/mol. The maximum atomic E-state index is 13.9. The van der Waals surface area contributed by atoms with Crippen LogP contribution in [-0.4, -0.2) is 8.42 Å². The predicted molar refractivity (Wildman–Crippen MR) is 81.8 cm³/mol. The quantitative estimate of drug-likeness (QED) is 0.924. The van der Waals surface area contributed by atoms with Crippen LogP contribution in [0.1, 0.15) is 22.3 Å². The van der Waals surface area contributed by atoms with Gasteiger partial charge in [0.2, 0.25) is 0 Å². The highest BCUT2D eigenvalue weighted by atomic mass is 32.2. The fraction of sp³-hybridized carbons (Fsp3) is 0.250. The van der Waals surface area contributed by atoms with E-state index < -0.39 is 15.7 Å². The summed E-state index contributed by atoms with van der Waals surface area (Å²) < 4.78 is 38.3. The van der Waals surface area contributed by atoms with E-state index in [0.717, 1.165) is 11.1 Å². The van der Waals surface area contributed by atoms with Gasteiger partial charge in [0.25, 0.3) is 0 Å². The van der Waals surface area contributed by atoms with Crippen molar-refractivity contribution < 1.29 is 12.8 Å². The van der Waals surface area contributed by atoms with Crippen LogP contribution in [0.5, 0.6) is 0 Å². The second-order valence-corrected chi connectivity index (χ2v) is 7.15. The van der Waals surface area contributed by atoms with E-state index in [1.807, 2.05) is 19.1 Å². The first kappa shape index (κ1) is 15.7. The molecule has 5 heteroatoms. The summed E-state index contributed by atoms with van der Waals surface area (Å²) in [5, 5.41) is 0. The lowest BCUT2D eigenvalue weighted by Gasteiger charge is -2.09. The minimum atomic E-state index is -3.42. The van der Waals surface area contributed by atoms with Crippen molar-refractivity contribution in [1.82, 2.24) is 0 Å². The van der Waals surface area contributed by atoms with Gasteiger partial charge in [0, 0.05) is 12.1 Å². The third-order valence-corrected chi connectivity index (χ3v) is 4.87. The molecule has 0 atom stereocenters. The maximum Gasteiger partial charge on any atom is 0.158 e. The van der Waals surface area contributed by atoms with Gasteiger partial charge < -0.3 is 5.73 Å². The van der Waals surface area contributed by atoms with E-state index in [1.165, 1.54) is 12.1 Å². The van der Waals surface area contributed by atoms with E-state index >= 15 is 0 Å². The molecule has 2 aromatic carbocycles. The molecule has 0 bridgehead atoms. The summed E-state index contributed by atoms with van der Waals surface area (Å²) >= 11 is 0. The molecule has 112 valence electrons. The molecular formula is C16H18FNO2S. The number of sulfone groups is 1. The molecule has 0 aliphatic heterocycles. The summed E-state index contributed by atoms with van der Waals surface area (Å²) in [6, 6.07) is 11.7. The third-order valence-electron chi connectivity index (χ3n) is 3.37. The Morgan fingerprint density at radius 1 is 1.05 bits per heavy atom. The Balaban J connectivity index is 2.20. The van der Waals surface area contributed by atoms with Crippen molar-refractivity contribution in [2.45, 2.75) is 25.0 Å². The van der Waals surface area contributed by atoms with Crippen LogP contribution in [0.2, 0.25) is 0 Å². The summed E-state index contributed by atoms with van der Waals surface area (Å²) in [7, 11) is -3.42. The highest BCUT2D eigenvalue weighted by Crippen LogP contribution is 2.18. The molecule has 2 aromatic rings. The first-order valence-electron chi connectivity index (χ1n) is 6.63. The molecule has 21 heavy (non-hydrogen) atoms. The normalized spacial score (nSPS) is 11.6. The molecule has 0 unspecified atom stereocenters. The van der Waals surface area contributed by atoms with Crippen molar-refractivity contribution in [2.75, 3.05) is 0 Å². The lowest BCUT2D eigenvalue weighted by atomic mass is 10.1. The Morgan fingerprint density at radius 2 is 1.71 bits per heavy atom. The van der Waals surface area contributed by atoms with E-state index in [-0.39, 0.29) is 23.6 Å². The zero-order valence-electron chi connectivity index (χ0n) is 11.8. The van der Waals surface area contributed by atoms with Crippen molar-refractivity contribution >= 4 is 9.84 Å². The summed E-state index contributed by atoms with van der Waals surface area (Å²) in [6.07, 6.45) is 0. The van der Waals surface area contributed by atoms with E-state index in [1.54, 1.807) is 18.2 Å². The molecule has 0 radical (unpaired) electrons. The van der Waals surface area contributed by atoms with Gasteiger partial charge in [0.05, 0.1) is 11.5 Å². The average Bonchev–Trinajstić information content (AvgIpc) is 2.43. The lowest BCUT2D eigenvalue weighted by Crippen LogP contribution is -2.10. The predicted octanol–water partition coefficient (Wildman–Crippen LogP) is 2.71. The van der Waals surface area contributed by atoms with Crippen LogP contribution >= 0.6 is 0 Å². The van der Waals surface area contributed by atoms with Crippen LogP contribution in [0.15, 0.2) is 42.5 Å². The molecule has 0 saturated heterocycles. The SMILES string of the molecule is Cc1ccccc1CS(=O)(=O)Cc1ccc(CN)cc1F. The molecule has 3 nitrogen and oxygen atoms in total. The smallest absolute Gasteiger partial charge is 0.158 e. The number of hydrogen-bond acceptors (Lipinski definition) is 3. The summed E-state index contributed by atoms with van der Waals surface area (Å²) in [5.41, 5.74) is 7.92. The van der Waals surface area contributed by atoms with Gasteiger partial charge >= 0.3 is 0 Å². The number of halogens is 1. The van der Waals surface area contributed by atoms with Crippen molar-refractivity contribution in [1.29, 1.82) is 0 Å². The molecule has 0 aliphatic rings. The lowest BCUT2D eigenvalue weighted by molar-refractivity contribution is 0.585. The van der Waals surface area contributed by atoms with Gasteiger partial charge in [0.1, 0.15) is 5.82 Å². The van der Waals surface area contributed by atoms with Crippen LogP contribution < -0.4 is 5.73 Å². The molecule has 0 spiro atoms. The fourth-order valence-corrected chi connectivity index (χ4v) is 3.74. The first-order chi connectivity index (χ1) is 9.91. The molecule has 0 saturated carbocycles. The second kappa shape index (κ2) is 6.37. The highest BCUT2D eigenvalue weighted by Gasteiger charge is 2.17. The van der Waals surface area contributed by atoms with Crippen molar-refractivity contribution in [3.05, 3.63) is 70.5 Å². The van der Waals surface area contributed by atoms with E-state index in [4.69, 9.17) is 5.73 Å². The van der Waals surface area contributed by atoms with Crippen molar-refractivity contribution in [3.63, 3.8) is 0 Å². The topological polar surface area (TPSA) is 60.2 Å². The van der Waals surface area contributed by atoms with Crippen molar-refractivity contribution in [2.24, 2.45) is 5.73 Å². The second-order valence-electron chi connectivity index (χ2n) is 5.09. The largest absolute Gasteiger partial charge is 0.326 e. The third kappa shape index (κ3) is 4.12. The number of rotatable bonds is 5. The van der Waals surface area contributed by atoms with E-state index in [0.29, 0.717) is 5.56 Å². The van der Waals surface area contributed by atoms with Crippen LogP contribution in [0.3, 0.4) is 0 Å². The Kier molecular flexibility index (Phi) is 4.75. The standard InChI is InChI=1S/C16H18FNO2S/c1-12-4-2-3-5-14(12)10-21(19,20)11-15-7-6-13(9-18)8-16(15)17/h2-8H,9-11,18H2,1H3. The molecule has 0 aliphatic carbocycles. The molecule has 0 aromatic heterocycles. The molecule has 0 fully saturated rings. The van der Waals surface area contributed by atoms with E-state index in [2.05, 4.69) is 0 Å². The maximum absolute atomic E-state index is 13.9. The molecule has 2 rings (SSSR count). The highest BCUT2D eigenvalue weighted by molar-refractivity contribution is 7.89. The number of hydrogen-bond donors (Lipinski definition) is 1. The van der Waals surface area contributed by atoms with Gasteiger partial charge in [-0.1, -0.05) is 36.4 Å². The Bertz CT molecular complexity index is 742. The summed E-state index contributed by atoms with van der Waals surface area (Å²) in [6.45, 7) is 2.09. The van der Waals surface area contributed by atoms with Gasteiger partial charge in [0.15, 0.2) is 9.84 Å². The van der Waals surface area contributed by atoms with E-state index in [9.17, 15) is 12.8 Å². The molecular weight excluding hydrogens is 289 g/mol. The Morgan fingerprint density at radius 3 is 2.33 bits per heavy atom. The van der Waals surface area contributed by atoms with Gasteiger partial charge in [-0.25, -0.2) is 12.8 Å². The minimum absolute atomic E-state index is 0.0856. The molecule has 0 heterocycles. The summed E-state index contributed by atoms with van der Waals surface area (Å²) in [5.74, 6) is -0.915. The number of aryl methyl sites for hydroxylation is 1. The molecule has 2 N–H and O–H groups in total. The van der Waals surface area contributed by atoms with Gasteiger partial charge in [-0.3, -0.25) is 0 Å². The van der Waals surface area contributed by atoms with Crippen LogP contribution in [0.25, 0.3) is 0 Å². The van der Waals surface area contributed by atoms with Gasteiger partial charge in [-0.2, -0.15) is 0 Å². The molecule has 0 amide bonds. The Hall–Kier alpha value is -1.72. The first-order valence-corrected chi connectivity index (χ1v) is 8.46.